The Hall–Kier alpha value is -0.950. The molecule has 1 N–H and O–H groups in total. The number of hydrogen-bond acceptors (Lipinski definition) is 5. The molecule has 1 amide bonds. The van der Waals surface area contributed by atoms with Gasteiger partial charge in [0.2, 0.25) is 0 Å². The van der Waals surface area contributed by atoms with Crippen molar-refractivity contribution in [1.29, 1.82) is 0 Å². The summed E-state index contributed by atoms with van der Waals surface area (Å²) in [6.07, 6.45) is 12.6. The fraction of sp³-hybridized carbons (Fsp3) is 0.773. The normalized spacial score (nSPS) is 11.0. The van der Waals surface area contributed by atoms with Crippen molar-refractivity contribution in [3.05, 3.63) is 22.4 Å². The van der Waals surface area contributed by atoms with Crippen molar-refractivity contribution in [3.8, 4) is 0 Å². The van der Waals surface area contributed by atoms with Gasteiger partial charge in [-0.15, -0.1) is 0 Å². The van der Waals surface area contributed by atoms with Crippen molar-refractivity contribution < 1.29 is 19.0 Å². The highest BCUT2D eigenvalue weighted by Gasteiger charge is 2.03. The third kappa shape index (κ3) is 15.0. The number of methoxy groups -OCH3 is 1. The predicted octanol–water partition coefficient (Wildman–Crippen LogP) is 5.06. The van der Waals surface area contributed by atoms with E-state index in [9.17, 15) is 4.79 Å². The van der Waals surface area contributed by atoms with Gasteiger partial charge in [0.1, 0.15) is 0 Å². The van der Waals surface area contributed by atoms with Crippen LogP contribution in [-0.2, 0) is 14.2 Å². The van der Waals surface area contributed by atoms with Gasteiger partial charge in [-0.2, -0.15) is 11.3 Å². The third-order valence-corrected chi connectivity index (χ3v) is 5.27. The highest BCUT2D eigenvalue weighted by molar-refractivity contribution is 7.08. The molecule has 0 saturated heterocycles. The molecule has 0 unspecified atom stereocenters. The summed E-state index contributed by atoms with van der Waals surface area (Å²) in [5, 5.41) is 6.81. The molecule has 1 heterocycles. The zero-order valence-corrected chi connectivity index (χ0v) is 18.4. The van der Waals surface area contributed by atoms with E-state index in [-0.39, 0.29) is 5.91 Å². The van der Waals surface area contributed by atoms with Crippen molar-refractivity contribution in [2.45, 2.75) is 64.2 Å². The van der Waals surface area contributed by atoms with Crippen molar-refractivity contribution >= 4 is 17.2 Å². The number of unbranched alkanes of at least 4 members (excludes halogenated alkanes) is 9. The van der Waals surface area contributed by atoms with E-state index in [1.54, 1.807) is 18.4 Å². The predicted molar refractivity (Wildman–Crippen MR) is 116 cm³/mol. The first-order valence-electron chi connectivity index (χ1n) is 10.8. The molecule has 0 saturated carbocycles. The van der Waals surface area contributed by atoms with Crippen LogP contribution in [0, 0.1) is 0 Å². The topological polar surface area (TPSA) is 56.8 Å². The van der Waals surface area contributed by atoms with Gasteiger partial charge in [-0.3, -0.25) is 4.79 Å². The lowest BCUT2D eigenvalue weighted by Gasteiger charge is -2.06. The first-order valence-corrected chi connectivity index (χ1v) is 11.7. The Balaban J connectivity index is 1.69. The molecule has 0 bridgehead atoms. The van der Waals surface area contributed by atoms with Crippen molar-refractivity contribution in [1.82, 2.24) is 5.32 Å². The maximum atomic E-state index is 11.8. The summed E-state index contributed by atoms with van der Waals surface area (Å²) in [6.45, 7) is 4.26. The zero-order valence-electron chi connectivity index (χ0n) is 17.6. The summed E-state index contributed by atoms with van der Waals surface area (Å²) < 4.78 is 15.8. The molecule has 0 aromatic carbocycles. The summed E-state index contributed by atoms with van der Waals surface area (Å²) in [5.74, 6) is 0.0575. The van der Waals surface area contributed by atoms with E-state index in [0.717, 1.165) is 31.6 Å². The minimum absolute atomic E-state index is 0.0575. The van der Waals surface area contributed by atoms with Crippen LogP contribution in [0.25, 0.3) is 0 Å². The van der Waals surface area contributed by atoms with E-state index >= 15 is 0 Å². The van der Waals surface area contributed by atoms with Crippen molar-refractivity contribution in [3.63, 3.8) is 0 Å². The lowest BCUT2D eigenvalue weighted by molar-refractivity contribution is 0.0239. The van der Waals surface area contributed by atoms with Gasteiger partial charge in [0, 0.05) is 31.2 Å². The number of ether oxygens (including phenoxy) is 3. The van der Waals surface area contributed by atoms with Crippen molar-refractivity contribution in [2.24, 2.45) is 0 Å². The first-order chi connectivity index (χ1) is 13.8. The standard InChI is InChI=1S/C22H39NO4S/c1-25-15-16-27-18-17-26-14-11-9-7-5-3-2-4-6-8-10-13-23-22(24)21-12-19-28-20-21/h12,19-20H,2-11,13-18H2,1H3,(H,23,24). The molecule has 5 nitrogen and oxygen atoms in total. The maximum absolute atomic E-state index is 11.8. The largest absolute Gasteiger partial charge is 0.382 e. The summed E-state index contributed by atoms with van der Waals surface area (Å²) >= 11 is 1.56. The van der Waals surface area contributed by atoms with E-state index in [1.807, 2.05) is 16.8 Å². The Morgan fingerprint density at radius 2 is 1.39 bits per heavy atom. The second kappa shape index (κ2) is 19.4. The molecule has 0 radical (unpaired) electrons. The highest BCUT2D eigenvalue weighted by Crippen LogP contribution is 2.11. The van der Waals surface area contributed by atoms with Crippen LogP contribution in [0.3, 0.4) is 0 Å². The van der Waals surface area contributed by atoms with Gasteiger partial charge in [0.15, 0.2) is 0 Å². The molecule has 0 aliphatic heterocycles. The minimum Gasteiger partial charge on any atom is -0.382 e. The van der Waals surface area contributed by atoms with Crippen LogP contribution in [0.1, 0.15) is 74.6 Å². The number of rotatable bonds is 20. The summed E-state index contributed by atoms with van der Waals surface area (Å²) in [5.41, 5.74) is 0.781. The molecule has 28 heavy (non-hydrogen) atoms. The number of nitrogens with one attached hydrogen (secondary N) is 1. The van der Waals surface area contributed by atoms with E-state index in [2.05, 4.69) is 5.32 Å². The molecule has 0 fully saturated rings. The Bertz CT molecular complexity index is 453. The molecule has 1 aromatic heterocycles. The fourth-order valence-electron chi connectivity index (χ4n) is 2.91. The van der Waals surface area contributed by atoms with E-state index in [1.165, 1.54) is 51.4 Å². The average molecular weight is 414 g/mol. The van der Waals surface area contributed by atoms with Crippen LogP contribution in [0.4, 0.5) is 0 Å². The van der Waals surface area contributed by atoms with Gasteiger partial charge in [0.25, 0.3) is 5.91 Å². The Morgan fingerprint density at radius 3 is 2.00 bits per heavy atom. The minimum atomic E-state index is 0.0575. The molecular weight excluding hydrogens is 374 g/mol. The molecule has 1 rings (SSSR count). The number of amides is 1. The lowest BCUT2D eigenvalue weighted by atomic mass is 10.1. The van der Waals surface area contributed by atoms with Gasteiger partial charge in [-0.25, -0.2) is 0 Å². The van der Waals surface area contributed by atoms with Crippen LogP contribution >= 0.6 is 11.3 Å². The van der Waals surface area contributed by atoms with E-state index in [0.29, 0.717) is 26.4 Å². The number of thiophene rings is 1. The molecule has 0 aliphatic rings. The molecule has 0 spiro atoms. The van der Waals surface area contributed by atoms with Gasteiger partial charge >= 0.3 is 0 Å². The molecule has 0 atom stereocenters. The van der Waals surface area contributed by atoms with Gasteiger partial charge in [0.05, 0.1) is 26.4 Å². The second-order valence-electron chi connectivity index (χ2n) is 7.02. The third-order valence-electron chi connectivity index (χ3n) is 4.59. The average Bonchev–Trinajstić information content (AvgIpc) is 3.24. The summed E-state index contributed by atoms with van der Waals surface area (Å²) in [4.78, 5) is 11.8. The summed E-state index contributed by atoms with van der Waals surface area (Å²) in [7, 11) is 1.68. The first kappa shape index (κ1) is 25.1. The van der Waals surface area contributed by atoms with E-state index < -0.39 is 0 Å². The smallest absolute Gasteiger partial charge is 0.252 e. The van der Waals surface area contributed by atoms with Crippen LogP contribution in [0.2, 0.25) is 0 Å². The molecular formula is C22H39NO4S. The number of carbonyl (C=O) groups is 1. The fourth-order valence-corrected chi connectivity index (χ4v) is 3.54. The molecule has 1 aromatic rings. The monoisotopic (exact) mass is 413 g/mol. The lowest BCUT2D eigenvalue weighted by Crippen LogP contribution is -2.23. The SMILES string of the molecule is COCCOCCOCCCCCCCCCCCCNC(=O)c1ccsc1. The zero-order chi connectivity index (χ0) is 20.1. The van der Waals surface area contributed by atoms with Gasteiger partial charge in [-0.05, 0) is 24.3 Å². The van der Waals surface area contributed by atoms with Crippen LogP contribution in [0.15, 0.2) is 16.8 Å². The van der Waals surface area contributed by atoms with E-state index in [4.69, 9.17) is 14.2 Å². The maximum Gasteiger partial charge on any atom is 0.252 e. The van der Waals surface area contributed by atoms with Crippen LogP contribution < -0.4 is 5.32 Å². The molecule has 0 aliphatic carbocycles. The van der Waals surface area contributed by atoms with Crippen LogP contribution in [0.5, 0.6) is 0 Å². The van der Waals surface area contributed by atoms with Crippen LogP contribution in [-0.4, -0.2) is 52.6 Å². The van der Waals surface area contributed by atoms with Crippen molar-refractivity contribution in [2.75, 3.05) is 46.7 Å². The quantitative estimate of drug-likeness (QED) is 0.304. The Morgan fingerprint density at radius 1 is 0.821 bits per heavy atom. The Labute approximate surface area is 175 Å². The van der Waals surface area contributed by atoms with Gasteiger partial charge < -0.3 is 19.5 Å². The number of hydrogen-bond donors (Lipinski definition) is 1. The number of carbonyl (C=O) groups excluding carboxylic acids is 1. The summed E-state index contributed by atoms with van der Waals surface area (Å²) in [6, 6.07) is 1.87. The molecule has 6 heteroatoms. The highest BCUT2D eigenvalue weighted by atomic mass is 32.1. The second-order valence-corrected chi connectivity index (χ2v) is 7.80. The van der Waals surface area contributed by atoms with Gasteiger partial charge in [-0.1, -0.05) is 51.4 Å². The molecule has 162 valence electrons. The Kier molecular flexibility index (Phi) is 17.4.